The fraction of sp³-hybridized carbons (Fsp3) is 0.586. The van der Waals surface area contributed by atoms with Gasteiger partial charge >= 0.3 is 0 Å². The van der Waals surface area contributed by atoms with E-state index >= 15 is 4.39 Å². The molecular weight excluding hydrogens is 499 g/mol. The number of nitrogens with one attached hydrogen (secondary N) is 2. The fourth-order valence-electron chi connectivity index (χ4n) is 6.13. The Morgan fingerprint density at radius 1 is 1.23 bits per heavy atom. The van der Waals surface area contributed by atoms with Crippen LogP contribution in [-0.2, 0) is 17.8 Å². The number of benzene rings is 1. The minimum Gasteiger partial charge on any atom is -0.364 e. The van der Waals surface area contributed by atoms with Gasteiger partial charge in [-0.3, -0.25) is 14.5 Å². The smallest absolute Gasteiger partial charge is 0.257 e. The number of likely N-dealkylation sites (N-methyl/N-ethyl adjacent to an activating group) is 1. The molecule has 3 heterocycles. The Balaban J connectivity index is 1.43. The first-order valence-corrected chi connectivity index (χ1v) is 14.1. The van der Waals surface area contributed by atoms with Crippen LogP contribution in [0.5, 0.6) is 0 Å². The number of nitrogens with zero attached hydrogens (tertiary/aromatic N) is 4. The average Bonchev–Trinajstić information content (AvgIpc) is 3.68. The van der Waals surface area contributed by atoms with Crippen LogP contribution in [-0.4, -0.2) is 63.4 Å². The Labute approximate surface area is 228 Å². The van der Waals surface area contributed by atoms with Gasteiger partial charge in [-0.15, -0.1) is 0 Å². The molecule has 5 rings (SSSR count). The quantitative estimate of drug-likeness (QED) is 0.434. The molecule has 1 saturated heterocycles. The second-order valence-corrected chi connectivity index (χ2v) is 11.4. The molecule has 2 N–H and O–H groups in total. The highest BCUT2D eigenvalue weighted by atomic mass is 19.1. The zero-order valence-electron chi connectivity index (χ0n) is 23.3. The molecular formula is C29H39FN6O3. The van der Waals surface area contributed by atoms with Crippen LogP contribution >= 0.6 is 0 Å². The van der Waals surface area contributed by atoms with Crippen LogP contribution < -0.4 is 5.32 Å². The van der Waals surface area contributed by atoms with Gasteiger partial charge in [0.25, 0.3) is 5.91 Å². The monoisotopic (exact) mass is 538 g/mol. The number of hydrogen-bond donors (Lipinski definition) is 2. The number of halogens is 1. The minimum absolute atomic E-state index is 0.0514. The topological polar surface area (TPSA) is 107 Å². The summed E-state index contributed by atoms with van der Waals surface area (Å²) in [7, 11) is 3.51. The largest absolute Gasteiger partial charge is 0.364 e. The molecule has 9 nitrogen and oxygen atoms in total. The van der Waals surface area contributed by atoms with E-state index in [2.05, 4.69) is 27.3 Å². The molecule has 2 aromatic heterocycles. The Kier molecular flexibility index (Phi) is 8.02. The van der Waals surface area contributed by atoms with E-state index in [0.717, 1.165) is 45.1 Å². The van der Waals surface area contributed by atoms with Crippen molar-refractivity contribution in [1.82, 2.24) is 30.2 Å². The molecule has 1 aromatic carbocycles. The minimum atomic E-state index is -0.388. The van der Waals surface area contributed by atoms with Crippen LogP contribution in [0.3, 0.4) is 0 Å². The molecule has 2 amide bonds. The van der Waals surface area contributed by atoms with Gasteiger partial charge in [0.15, 0.2) is 5.82 Å². The van der Waals surface area contributed by atoms with E-state index in [4.69, 9.17) is 9.51 Å². The summed E-state index contributed by atoms with van der Waals surface area (Å²) in [5.41, 5.74) is 2.40. The molecule has 3 aromatic rings. The van der Waals surface area contributed by atoms with E-state index in [1.165, 1.54) is 6.26 Å². The Hall–Kier alpha value is -3.27. The maximum Gasteiger partial charge on any atom is 0.257 e. The molecule has 0 spiro atoms. The van der Waals surface area contributed by atoms with Gasteiger partial charge in [0.1, 0.15) is 23.2 Å². The third-order valence-electron chi connectivity index (χ3n) is 8.49. The van der Waals surface area contributed by atoms with Gasteiger partial charge < -0.3 is 19.7 Å². The highest BCUT2D eigenvalue weighted by Gasteiger charge is 2.34. The SMILES string of the molecule is CCc1nocc1C(=O)N[C@H](c1nc2c(F)c(CN3CCC[C@@H]3C(=O)N(C)C)ccc2[nH]1)C1CCC(C)CC1. The number of hydrogen-bond acceptors (Lipinski definition) is 6. The van der Waals surface area contributed by atoms with E-state index < -0.39 is 0 Å². The third-order valence-corrected chi connectivity index (χ3v) is 8.49. The van der Waals surface area contributed by atoms with Gasteiger partial charge in [-0.25, -0.2) is 9.37 Å². The van der Waals surface area contributed by atoms with Gasteiger partial charge in [0.05, 0.1) is 23.3 Å². The highest BCUT2D eigenvalue weighted by molar-refractivity contribution is 5.95. The lowest BCUT2D eigenvalue weighted by Gasteiger charge is -2.32. The van der Waals surface area contributed by atoms with E-state index in [1.54, 1.807) is 25.1 Å². The Bertz CT molecular complexity index is 1330. The van der Waals surface area contributed by atoms with Crippen LogP contribution in [0.25, 0.3) is 11.0 Å². The van der Waals surface area contributed by atoms with Gasteiger partial charge in [-0.2, -0.15) is 0 Å². The van der Waals surface area contributed by atoms with Crippen LogP contribution in [0.2, 0.25) is 0 Å². The molecule has 10 heteroatoms. The number of aromatic amines is 1. The van der Waals surface area contributed by atoms with Crippen LogP contribution in [0.15, 0.2) is 22.9 Å². The lowest BCUT2D eigenvalue weighted by molar-refractivity contribution is -0.133. The van der Waals surface area contributed by atoms with Crippen molar-refractivity contribution in [3.05, 3.63) is 46.9 Å². The van der Waals surface area contributed by atoms with Gasteiger partial charge in [0, 0.05) is 26.2 Å². The van der Waals surface area contributed by atoms with Crippen LogP contribution in [0.1, 0.15) is 85.9 Å². The number of carbonyl (C=O) groups excluding carboxylic acids is 2. The summed E-state index contributed by atoms with van der Waals surface area (Å²) >= 11 is 0. The van der Waals surface area contributed by atoms with Crippen molar-refractivity contribution in [2.24, 2.45) is 11.8 Å². The molecule has 39 heavy (non-hydrogen) atoms. The second kappa shape index (κ2) is 11.5. The highest BCUT2D eigenvalue weighted by Crippen LogP contribution is 2.37. The molecule has 2 aliphatic rings. The molecule has 2 fully saturated rings. The molecule has 1 aliphatic carbocycles. The lowest BCUT2D eigenvalue weighted by Crippen LogP contribution is -2.42. The first kappa shape index (κ1) is 27.3. The van der Waals surface area contributed by atoms with Gasteiger partial charge in [0.2, 0.25) is 5.91 Å². The van der Waals surface area contributed by atoms with E-state index in [0.29, 0.717) is 47.0 Å². The Morgan fingerprint density at radius 2 is 2.00 bits per heavy atom. The van der Waals surface area contributed by atoms with Crippen molar-refractivity contribution >= 4 is 22.8 Å². The van der Waals surface area contributed by atoms with Crippen molar-refractivity contribution in [2.75, 3.05) is 20.6 Å². The number of aryl methyl sites for hydroxylation is 1. The molecule has 0 unspecified atom stereocenters. The number of amides is 2. The second-order valence-electron chi connectivity index (χ2n) is 11.4. The number of H-pyrrole nitrogens is 1. The molecule has 0 radical (unpaired) electrons. The third kappa shape index (κ3) is 5.57. The van der Waals surface area contributed by atoms with Crippen molar-refractivity contribution < 1.29 is 18.5 Å². The van der Waals surface area contributed by atoms with E-state index in [1.807, 2.05) is 13.0 Å². The van der Waals surface area contributed by atoms with Crippen molar-refractivity contribution in [2.45, 2.75) is 77.4 Å². The maximum atomic E-state index is 15.9. The Morgan fingerprint density at radius 3 is 2.72 bits per heavy atom. The summed E-state index contributed by atoms with van der Waals surface area (Å²) in [5.74, 6) is 0.796. The fourth-order valence-corrected chi connectivity index (χ4v) is 6.13. The van der Waals surface area contributed by atoms with Crippen molar-refractivity contribution in [1.29, 1.82) is 0 Å². The van der Waals surface area contributed by atoms with Crippen molar-refractivity contribution in [3.63, 3.8) is 0 Å². The summed E-state index contributed by atoms with van der Waals surface area (Å²) in [6.45, 7) is 5.28. The molecule has 1 aliphatic heterocycles. The van der Waals surface area contributed by atoms with E-state index in [9.17, 15) is 9.59 Å². The van der Waals surface area contributed by atoms with Crippen molar-refractivity contribution in [3.8, 4) is 0 Å². The maximum absolute atomic E-state index is 15.9. The average molecular weight is 539 g/mol. The summed E-state index contributed by atoms with van der Waals surface area (Å²) in [6.07, 6.45) is 7.72. The number of aromatic nitrogens is 3. The molecule has 0 bridgehead atoms. The summed E-state index contributed by atoms with van der Waals surface area (Å²) in [4.78, 5) is 37.6. The predicted molar refractivity (Wildman–Crippen MR) is 145 cm³/mol. The number of fused-ring (bicyclic) bond motifs is 1. The number of likely N-dealkylation sites (tertiary alicyclic amines) is 1. The zero-order chi connectivity index (χ0) is 27.7. The normalized spacial score (nSPS) is 22.7. The standard InChI is InChI=1S/C29H39FN6O3/c1-5-21-20(16-39-34-21)28(37)33-25(18-10-8-17(2)9-11-18)27-31-22-13-12-19(24(30)26(22)32-27)15-36-14-6-7-23(36)29(38)35(3)4/h12-13,16-18,23,25H,5-11,14-15H2,1-4H3,(H,31,32)(H,33,37)/t17?,18?,23-,25+/m1/s1. The predicted octanol–water partition coefficient (Wildman–Crippen LogP) is 4.60. The summed E-state index contributed by atoms with van der Waals surface area (Å²) in [5, 5.41) is 7.12. The van der Waals surface area contributed by atoms with Gasteiger partial charge in [-0.1, -0.05) is 37.9 Å². The molecule has 1 saturated carbocycles. The summed E-state index contributed by atoms with van der Waals surface area (Å²) < 4.78 is 20.9. The van der Waals surface area contributed by atoms with Crippen LogP contribution in [0, 0.1) is 17.7 Å². The number of rotatable bonds is 8. The molecule has 210 valence electrons. The summed E-state index contributed by atoms with van der Waals surface area (Å²) in [6, 6.07) is 3.00. The number of carbonyl (C=O) groups is 2. The lowest BCUT2D eigenvalue weighted by atomic mass is 9.79. The zero-order valence-corrected chi connectivity index (χ0v) is 23.3. The van der Waals surface area contributed by atoms with E-state index in [-0.39, 0.29) is 41.1 Å². The molecule has 2 atom stereocenters. The first-order valence-electron chi connectivity index (χ1n) is 14.1. The van der Waals surface area contributed by atoms with Gasteiger partial charge in [-0.05, 0) is 56.6 Å². The van der Waals surface area contributed by atoms with Crippen LogP contribution in [0.4, 0.5) is 4.39 Å². The first-order chi connectivity index (χ1) is 18.8. The number of imidazole rings is 1.